The van der Waals surface area contributed by atoms with Crippen LogP contribution in [-0.2, 0) is 10.9 Å². The minimum Gasteiger partial charge on any atom is -0.492 e. The molecular formula is C27H28F3N5O3S. The Morgan fingerprint density at radius 3 is 2.67 bits per heavy atom. The van der Waals surface area contributed by atoms with E-state index < -0.39 is 11.7 Å². The van der Waals surface area contributed by atoms with Gasteiger partial charge in [-0.15, -0.1) is 0 Å². The van der Waals surface area contributed by atoms with Crippen LogP contribution in [0.2, 0.25) is 0 Å². The minimum atomic E-state index is -4.63. The monoisotopic (exact) mass is 559 g/mol. The van der Waals surface area contributed by atoms with Crippen molar-refractivity contribution in [2.45, 2.75) is 6.18 Å². The molecule has 39 heavy (non-hydrogen) atoms. The molecule has 1 aliphatic heterocycles. The van der Waals surface area contributed by atoms with Crippen molar-refractivity contribution in [2.75, 3.05) is 58.5 Å². The van der Waals surface area contributed by atoms with Crippen LogP contribution in [0.15, 0.2) is 42.6 Å². The third-order valence-electron chi connectivity index (χ3n) is 6.55. The van der Waals surface area contributed by atoms with Crippen molar-refractivity contribution in [3.8, 4) is 11.6 Å². The molecule has 0 amide bonds. The summed E-state index contributed by atoms with van der Waals surface area (Å²) in [6, 6.07) is 9.28. The number of aromatic hydroxyl groups is 1. The highest BCUT2D eigenvalue weighted by atomic mass is 32.1. The number of ether oxygens (including phenoxy) is 2. The number of likely N-dealkylation sites (N-methyl/N-ethyl adjacent to an activating group) is 1. The molecule has 0 spiro atoms. The molecule has 0 unspecified atom stereocenters. The SMILES string of the molecule is COCCOc1ccc(C=C(c2ccc3[nH]ncc3c2)c2sc(N3CCN(C)CC3)nc2O)c(C(F)(F)F)c1. The largest absolute Gasteiger partial charge is 0.492 e. The van der Waals surface area contributed by atoms with Gasteiger partial charge < -0.3 is 24.4 Å². The molecule has 1 saturated heterocycles. The first-order valence-electron chi connectivity index (χ1n) is 12.3. The Morgan fingerprint density at radius 2 is 1.92 bits per heavy atom. The lowest BCUT2D eigenvalue weighted by atomic mass is 9.97. The van der Waals surface area contributed by atoms with Gasteiger partial charge in [0.1, 0.15) is 17.2 Å². The summed E-state index contributed by atoms with van der Waals surface area (Å²) in [7, 11) is 3.53. The van der Waals surface area contributed by atoms with Gasteiger partial charge >= 0.3 is 6.18 Å². The molecule has 0 saturated carbocycles. The molecule has 0 aliphatic carbocycles. The van der Waals surface area contributed by atoms with Gasteiger partial charge in [0.05, 0.1) is 23.9 Å². The van der Waals surface area contributed by atoms with E-state index >= 15 is 0 Å². The van der Waals surface area contributed by atoms with Crippen molar-refractivity contribution in [1.82, 2.24) is 20.1 Å². The zero-order valence-corrected chi connectivity index (χ0v) is 22.3. The first kappa shape index (κ1) is 27.0. The number of hydrogen-bond donors (Lipinski definition) is 2. The van der Waals surface area contributed by atoms with Crippen LogP contribution < -0.4 is 9.64 Å². The number of piperazine rings is 1. The molecule has 206 valence electrons. The van der Waals surface area contributed by atoms with Gasteiger partial charge in [-0.1, -0.05) is 23.5 Å². The number of fused-ring (bicyclic) bond motifs is 1. The normalized spacial score (nSPS) is 15.3. The maximum absolute atomic E-state index is 14.2. The Labute approximate surface area is 227 Å². The van der Waals surface area contributed by atoms with E-state index in [2.05, 4.69) is 25.0 Å². The Morgan fingerprint density at radius 1 is 1.13 bits per heavy atom. The fourth-order valence-electron chi connectivity index (χ4n) is 4.39. The van der Waals surface area contributed by atoms with Crippen LogP contribution in [0.5, 0.6) is 11.6 Å². The molecule has 4 aromatic rings. The molecule has 1 fully saturated rings. The molecule has 0 bridgehead atoms. The first-order chi connectivity index (χ1) is 18.7. The Balaban J connectivity index is 1.62. The molecule has 2 aromatic carbocycles. The molecule has 2 aromatic heterocycles. The van der Waals surface area contributed by atoms with E-state index in [1.54, 1.807) is 12.3 Å². The molecule has 0 atom stereocenters. The highest BCUT2D eigenvalue weighted by molar-refractivity contribution is 7.17. The zero-order chi connectivity index (χ0) is 27.6. The van der Waals surface area contributed by atoms with Crippen molar-refractivity contribution in [3.05, 3.63) is 64.2 Å². The summed E-state index contributed by atoms with van der Waals surface area (Å²) in [4.78, 5) is 9.07. The minimum absolute atomic E-state index is 0.0576. The van der Waals surface area contributed by atoms with E-state index in [1.165, 1.54) is 36.7 Å². The maximum atomic E-state index is 14.2. The number of nitrogens with one attached hydrogen (secondary N) is 1. The van der Waals surface area contributed by atoms with Crippen molar-refractivity contribution in [2.24, 2.45) is 0 Å². The van der Waals surface area contributed by atoms with Gasteiger partial charge in [-0.3, -0.25) is 5.10 Å². The second kappa shape index (κ2) is 11.2. The quantitative estimate of drug-likeness (QED) is 0.229. The van der Waals surface area contributed by atoms with Crippen molar-refractivity contribution >= 4 is 39.0 Å². The number of alkyl halides is 3. The molecule has 12 heteroatoms. The summed E-state index contributed by atoms with van der Waals surface area (Å²) in [5, 5.41) is 19.3. The summed E-state index contributed by atoms with van der Waals surface area (Å²) >= 11 is 1.26. The summed E-state index contributed by atoms with van der Waals surface area (Å²) < 4.78 is 53.0. The first-order valence-corrected chi connectivity index (χ1v) is 13.2. The standard InChI is InChI=1S/C27H28F3N5O3S/c1-34-7-9-35(10-8-34)26-32-25(36)24(39-26)21(17-4-6-23-19(13-17)16-31-33-23)14-18-3-5-20(38-12-11-37-2)15-22(18)27(28,29)30/h3-6,13-16,36H,7-12H2,1-2H3,(H,31,33). The van der Waals surface area contributed by atoms with Crippen LogP contribution in [0.25, 0.3) is 22.6 Å². The van der Waals surface area contributed by atoms with Crippen LogP contribution in [0.1, 0.15) is 21.6 Å². The number of H-pyrrole nitrogens is 1. The highest BCUT2D eigenvalue weighted by Gasteiger charge is 2.34. The van der Waals surface area contributed by atoms with Gasteiger partial charge in [-0.2, -0.15) is 23.3 Å². The number of halogens is 3. The Kier molecular flexibility index (Phi) is 7.78. The van der Waals surface area contributed by atoms with E-state index in [-0.39, 0.29) is 30.4 Å². The third-order valence-corrected chi connectivity index (χ3v) is 7.69. The van der Waals surface area contributed by atoms with Crippen LogP contribution in [0.4, 0.5) is 18.3 Å². The molecule has 2 N–H and O–H groups in total. The number of benzene rings is 2. The van der Waals surface area contributed by atoms with Crippen molar-refractivity contribution in [1.29, 1.82) is 0 Å². The van der Waals surface area contributed by atoms with Crippen LogP contribution in [-0.4, -0.2) is 78.7 Å². The Bertz CT molecular complexity index is 1480. The number of hydrogen-bond acceptors (Lipinski definition) is 8. The number of nitrogens with zero attached hydrogens (tertiary/aromatic N) is 4. The van der Waals surface area contributed by atoms with Gasteiger partial charge in [0.2, 0.25) is 5.88 Å². The number of rotatable bonds is 8. The topological polar surface area (TPSA) is 86.7 Å². The number of methoxy groups -OCH3 is 1. The lowest BCUT2D eigenvalue weighted by Crippen LogP contribution is -2.44. The molecule has 0 radical (unpaired) electrons. The van der Waals surface area contributed by atoms with Crippen LogP contribution >= 0.6 is 11.3 Å². The summed E-state index contributed by atoms with van der Waals surface area (Å²) in [5.74, 6) is -0.128. The fourth-order valence-corrected chi connectivity index (χ4v) is 5.44. The van der Waals surface area contributed by atoms with Gasteiger partial charge in [0.15, 0.2) is 5.13 Å². The van der Waals surface area contributed by atoms with E-state index in [0.717, 1.165) is 43.1 Å². The van der Waals surface area contributed by atoms with E-state index in [4.69, 9.17) is 9.47 Å². The molecule has 3 heterocycles. The van der Waals surface area contributed by atoms with Crippen LogP contribution in [0, 0.1) is 0 Å². The zero-order valence-electron chi connectivity index (χ0n) is 21.5. The van der Waals surface area contributed by atoms with E-state index in [9.17, 15) is 18.3 Å². The van der Waals surface area contributed by atoms with Gasteiger partial charge in [-0.05, 0) is 48.5 Å². The highest BCUT2D eigenvalue weighted by Crippen LogP contribution is 2.42. The Hall–Kier alpha value is -3.61. The predicted molar refractivity (Wildman–Crippen MR) is 145 cm³/mol. The van der Waals surface area contributed by atoms with Crippen molar-refractivity contribution in [3.63, 3.8) is 0 Å². The second-order valence-corrected chi connectivity index (χ2v) is 10.2. The molecule has 8 nitrogen and oxygen atoms in total. The average Bonchev–Trinajstić information content (AvgIpc) is 3.54. The van der Waals surface area contributed by atoms with E-state index in [0.29, 0.717) is 21.1 Å². The number of anilines is 1. The van der Waals surface area contributed by atoms with Gasteiger partial charge in [0.25, 0.3) is 0 Å². The molecule has 5 rings (SSSR count). The molecule has 1 aliphatic rings. The summed E-state index contributed by atoms with van der Waals surface area (Å²) in [6.45, 7) is 3.57. The number of thiazole rings is 1. The molecular weight excluding hydrogens is 531 g/mol. The van der Waals surface area contributed by atoms with Gasteiger partial charge in [0, 0.05) is 44.2 Å². The van der Waals surface area contributed by atoms with Crippen molar-refractivity contribution < 1.29 is 27.8 Å². The van der Waals surface area contributed by atoms with Gasteiger partial charge in [-0.25, -0.2) is 0 Å². The summed E-state index contributed by atoms with van der Waals surface area (Å²) in [5.41, 5.74) is 0.937. The van der Waals surface area contributed by atoms with E-state index in [1.807, 2.05) is 19.2 Å². The number of aromatic amines is 1. The maximum Gasteiger partial charge on any atom is 0.417 e. The predicted octanol–water partition coefficient (Wildman–Crippen LogP) is 5.11. The second-order valence-electron chi connectivity index (χ2n) is 9.26. The smallest absolute Gasteiger partial charge is 0.417 e. The number of aromatic nitrogens is 3. The lowest BCUT2D eigenvalue weighted by Gasteiger charge is -2.31. The average molecular weight is 560 g/mol. The summed E-state index contributed by atoms with van der Waals surface area (Å²) in [6.07, 6.45) is -1.54. The third kappa shape index (κ3) is 6.02. The lowest BCUT2D eigenvalue weighted by molar-refractivity contribution is -0.137. The fraction of sp³-hybridized carbons (Fsp3) is 0.333. The van der Waals surface area contributed by atoms with Crippen LogP contribution in [0.3, 0.4) is 0 Å².